The van der Waals surface area contributed by atoms with Gasteiger partial charge in [-0.1, -0.05) is 212 Å². The van der Waals surface area contributed by atoms with Gasteiger partial charge in [-0.3, -0.25) is 0 Å². The minimum Gasteiger partial charge on any atom is -0.456 e. The summed E-state index contributed by atoms with van der Waals surface area (Å²) < 4.78 is 6.32. The van der Waals surface area contributed by atoms with E-state index in [-0.39, 0.29) is 0 Å². The summed E-state index contributed by atoms with van der Waals surface area (Å²) in [6.07, 6.45) is 0. The van der Waals surface area contributed by atoms with Gasteiger partial charge in [0.05, 0.1) is 5.69 Å². The van der Waals surface area contributed by atoms with E-state index in [1.165, 1.54) is 54.6 Å². The summed E-state index contributed by atoms with van der Waals surface area (Å²) in [4.78, 5) is 2.43. The summed E-state index contributed by atoms with van der Waals surface area (Å²) >= 11 is 0. The molecule has 0 aliphatic rings. The van der Waals surface area contributed by atoms with Crippen LogP contribution in [0.25, 0.3) is 110 Å². The third-order valence-corrected chi connectivity index (χ3v) is 13.7. The molecular weight excluding hydrogens is 823 g/mol. The molecular formula is C66H43NO. The average molecular weight is 866 g/mol. The van der Waals surface area contributed by atoms with Crippen molar-refractivity contribution >= 4 is 71.3 Å². The van der Waals surface area contributed by atoms with Gasteiger partial charge < -0.3 is 9.32 Å². The summed E-state index contributed by atoms with van der Waals surface area (Å²) in [5.41, 5.74) is 16.7. The molecule has 0 N–H and O–H groups in total. The van der Waals surface area contributed by atoms with E-state index >= 15 is 0 Å². The number of benzene rings is 12. The Labute approximate surface area is 395 Å². The molecule has 0 unspecified atom stereocenters. The smallest absolute Gasteiger partial charge is 0.136 e. The van der Waals surface area contributed by atoms with E-state index in [4.69, 9.17) is 4.42 Å². The number of anilines is 3. The molecule has 1 heterocycles. The van der Waals surface area contributed by atoms with E-state index in [2.05, 4.69) is 254 Å². The Morgan fingerprint density at radius 3 is 1.51 bits per heavy atom. The van der Waals surface area contributed by atoms with Crippen LogP contribution >= 0.6 is 0 Å². The first-order valence-corrected chi connectivity index (χ1v) is 23.3. The number of hydrogen-bond donors (Lipinski definition) is 0. The van der Waals surface area contributed by atoms with Gasteiger partial charge in [-0.15, -0.1) is 0 Å². The maximum absolute atomic E-state index is 6.32. The third kappa shape index (κ3) is 6.82. The van der Waals surface area contributed by atoms with Crippen LogP contribution in [-0.2, 0) is 0 Å². The third-order valence-electron chi connectivity index (χ3n) is 13.7. The van der Waals surface area contributed by atoms with Crippen molar-refractivity contribution in [1.29, 1.82) is 0 Å². The summed E-state index contributed by atoms with van der Waals surface area (Å²) in [6.45, 7) is 0. The molecule has 0 spiro atoms. The molecule has 12 aromatic carbocycles. The first-order valence-electron chi connectivity index (χ1n) is 23.3. The normalized spacial score (nSPS) is 11.5. The number of rotatable bonds is 8. The monoisotopic (exact) mass is 865 g/mol. The first kappa shape index (κ1) is 39.4. The van der Waals surface area contributed by atoms with Crippen LogP contribution in [0.2, 0.25) is 0 Å². The van der Waals surface area contributed by atoms with Crippen molar-refractivity contribution in [2.75, 3.05) is 4.90 Å². The van der Waals surface area contributed by atoms with Crippen molar-refractivity contribution in [2.24, 2.45) is 0 Å². The zero-order chi connectivity index (χ0) is 45.0. The lowest BCUT2D eigenvalue weighted by molar-refractivity contribution is 0.669. The molecule has 1 aromatic heterocycles. The van der Waals surface area contributed by atoms with Crippen LogP contribution in [0.4, 0.5) is 17.1 Å². The van der Waals surface area contributed by atoms with Crippen LogP contribution in [0.1, 0.15) is 0 Å². The number of nitrogens with zero attached hydrogens (tertiary/aromatic N) is 1. The Kier molecular flexibility index (Phi) is 9.54. The van der Waals surface area contributed by atoms with Gasteiger partial charge in [0.1, 0.15) is 11.2 Å². The van der Waals surface area contributed by atoms with Crippen molar-refractivity contribution in [1.82, 2.24) is 0 Å². The van der Waals surface area contributed by atoms with Crippen molar-refractivity contribution in [3.63, 3.8) is 0 Å². The molecule has 318 valence electrons. The highest BCUT2D eigenvalue weighted by Crippen LogP contribution is 2.46. The lowest BCUT2D eigenvalue weighted by Gasteiger charge is -2.29. The van der Waals surface area contributed by atoms with Crippen LogP contribution < -0.4 is 4.90 Å². The molecule has 0 aliphatic heterocycles. The maximum atomic E-state index is 6.32. The van der Waals surface area contributed by atoms with Crippen LogP contribution in [0, 0.1) is 0 Å². The highest BCUT2D eigenvalue weighted by Gasteiger charge is 2.21. The predicted molar refractivity (Wildman–Crippen MR) is 288 cm³/mol. The zero-order valence-corrected chi connectivity index (χ0v) is 37.2. The van der Waals surface area contributed by atoms with E-state index in [0.717, 1.165) is 72.4 Å². The van der Waals surface area contributed by atoms with Gasteiger partial charge in [0.25, 0.3) is 0 Å². The van der Waals surface area contributed by atoms with Gasteiger partial charge in [-0.05, 0) is 131 Å². The predicted octanol–water partition coefficient (Wildman–Crippen LogP) is 18.9. The topological polar surface area (TPSA) is 16.4 Å². The van der Waals surface area contributed by atoms with Crippen molar-refractivity contribution in [2.45, 2.75) is 0 Å². The highest BCUT2D eigenvalue weighted by molar-refractivity contribution is 6.15. The number of furan rings is 1. The van der Waals surface area contributed by atoms with Gasteiger partial charge in [0, 0.05) is 27.7 Å². The lowest BCUT2D eigenvalue weighted by atomic mass is 9.91. The molecule has 2 nitrogen and oxygen atoms in total. The molecule has 0 aliphatic carbocycles. The molecule has 0 bridgehead atoms. The van der Waals surface area contributed by atoms with Gasteiger partial charge in [-0.25, -0.2) is 0 Å². The quantitative estimate of drug-likeness (QED) is 0.142. The summed E-state index contributed by atoms with van der Waals surface area (Å²) in [7, 11) is 0. The lowest BCUT2D eigenvalue weighted by Crippen LogP contribution is -2.11. The minimum atomic E-state index is 0.892. The molecule has 0 radical (unpaired) electrons. The van der Waals surface area contributed by atoms with E-state index < -0.39 is 0 Å². The first-order chi connectivity index (χ1) is 33.7. The largest absolute Gasteiger partial charge is 0.456 e. The Bertz CT molecular complexity index is 3990. The highest BCUT2D eigenvalue weighted by atomic mass is 16.3. The SMILES string of the molecule is c1ccc(-c2ccc(-c3cc4ccccc4c4ccccc34)cc2N(c2ccc(-c3ccc(-c4cccc5ccccc45)cc3)cc2)c2ccc(-c3cccc4oc5ccccc5c34)cc2)cc1. The Hall–Kier alpha value is -8.98. The summed E-state index contributed by atoms with van der Waals surface area (Å²) in [6, 6.07) is 94.6. The standard InChI is InChI=1S/C66H43NO/c1-2-14-47(15-3-1)57-41-36-51(62-42-50-17-5-7-20-56(50)59-21-8-9-22-60(59)62)43-63(57)67(53-39-34-49(35-40-53)58-25-13-27-65-66(58)61-23-10-11-26-64(61)68-65)52-37-32-45(33-38-52)44-28-30-48(31-29-44)55-24-12-18-46-16-4-6-19-54(46)55/h1-43H. The number of para-hydroxylation sites is 1. The molecule has 0 atom stereocenters. The summed E-state index contributed by atoms with van der Waals surface area (Å²) in [5, 5.41) is 9.74. The van der Waals surface area contributed by atoms with Gasteiger partial charge in [0.2, 0.25) is 0 Å². The fourth-order valence-corrected chi connectivity index (χ4v) is 10.4. The van der Waals surface area contributed by atoms with Crippen molar-refractivity contribution in [3.05, 3.63) is 261 Å². The number of fused-ring (bicyclic) bond motifs is 7. The summed E-state index contributed by atoms with van der Waals surface area (Å²) in [5.74, 6) is 0. The number of hydrogen-bond acceptors (Lipinski definition) is 2. The fraction of sp³-hybridized carbons (Fsp3) is 0. The second kappa shape index (κ2) is 16.5. The van der Waals surface area contributed by atoms with Gasteiger partial charge in [-0.2, -0.15) is 0 Å². The van der Waals surface area contributed by atoms with Crippen LogP contribution in [-0.4, -0.2) is 0 Å². The van der Waals surface area contributed by atoms with Crippen LogP contribution in [0.3, 0.4) is 0 Å². The molecule has 0 saturated heterocycles. The Morgan fingerprint density at radius 2 is 0.750 bits per heavy atom. The second-order valence-electron chi connectivity index (χ2n) is 17.6. The second-order valence-corrected chi connectivity index (χ2v) is 17.6. The Balaban J connectivity index is 0.970. The zero-order valence-electron chi connectivity index (χ0n) is 37.2. The molecule has 0 saturated carbocycles. The van der Waals surface area contributed by atoms with Gasteiger partial charge in [0.15, 0.2) is 0 Å². The van der Waals surface area contributed by atoms with E-state index in [1.54, 1.807) is 0 Å². The molecule has 0 amide bonds. The molecule has 13 rings (SSSR count). The molecule has 2 heteroatoms. The van der Waals surface area contributed by atoms with E-state index in [9.17, 15) is 0 Å². The molecule has 0 fully saturated rings. The van der Waals surface area contributed by atoms with Gasteiger partial charge >= 0.3 is 0 Å². The van der Waals surface area contributed by atoms with Crippen molar-refractivity contribution < 1.29 is 4.42 Å². The maximum Gasteiger partial charge on any atom is 0.136 e. The minimum absolute atomic E-state index is 0.892. The van der Waals surface area contributed by atoms with Crippen molar-refractivity contribution in [3.8, 4) is 55.6 Å². The Morgan fingerprint density at radius 1 is 0.250 bits per heavy atom. The van der Waals surface area contributed by atoms with Crippen LogP contribution in [0.15, 0.2) is 265 Å². The van der Waals surface area contributed by atoms with Crippen LogP contribution in [0.5, 0.6) is 0 Å². The molecule has 13 aromatic rings. The molecule has 68 heavy (non-hydrogen) atoms. The van der Waals surface area contributed by atoms with E-state index in [0.29, 0.717) is 0 Å². The fourth-order valence-electron chi connectivity index (χ4n) is 10.4. The van der Waals surface area contributed by atoms with E-state index in [1.807, 2.05) is 12.1 Å². The average Bonchev–Trinajstić information content (AvgIpc) is 3.80.